The summed E-state index contributed by atoms with van der Waals surface area (Å²) in [6.07, 6.45) is 0. The number of aromatic carboxylic acids is 2. The Labute approximate surface area is 181 Å². The van der Waals surface area contributed by atoms with Crippen LogP contribution >= 0.6 is 0 Å². The van der Waals surface area contributed by atoms with Crippen LogP contribution in [0.4, 0.5) is 5.82 Å². The number of carboxylic acid groups (broad SMARTS) is 2. The second-order valence-corrected chi connectivity index (χ2v) is 7.07. The van der Waals surface area contributed by atoms with E-state index in [1.165, 1.54) is 6.07 Å². The minimum absolute atomic E-state index is 0.140. The van der Waals surface area contributed by atoms with Crippen molar-refractivity contribution < 1.29 is 24.5 Å². The van der Waals surface area contributed by atoms with E-state index < -0.39 is 34.4 Å². The number of aromatic amines is 1. The molecule has 5 N–H and O–H groups in total. The fourth-order valence-corrected chi connectivity index (χ4v) is 3.60. The van der Waals surface area contributed by atoms with E-state index in [4.69, 9.17) is 10.5 Å². The van der Waals surface area contributed by atoms with Gasteiger partial charge in [-0.1, -0.05) is 54.6 Å². The van der Waals surface area contributed by atoms with Crippen LogP contribution in [0, 0.1) is 0 Å². The Morgan fingerprint density at radius 3 is 2.25 bits per heavy atom. The molecule has 0 saturated heterocycles. The second-order valence-electron chi connectivity index (χ2n) is 7.07. The Morgan fingerprint density at radius 1 is 0.875 bits per heavy atom. The molecule has 8 heteroatoms. The molecule has 8 nitrogen and oxygen atoms in total. The van der Waals surface area contributed by atoms with Gasteiger partial charge in [-0.2, -0.15) is 0 Å². The molecule has 0 bridgehead atoms. The van der Waals surface area contributed by atoms with Gasteiger partial charge in [-0.05, 0) is 28.5 Å². The van der Waals surface area contributed by atoms with Crippen LogP contribution < -0.4 is 16.0 Å². The molecular formula is C24H18N2O6. The van der Waals surface area contributed by atoms with Crippen molar-refractivity contribution in [3.05, 3.63) is 93.8 Å². The summed E-state index contributed by atoms with van der Waals surface area (Å²) in [5, 5.41) is 21.4. The summed E-state index contributed by atoms with van der Waals surface area (Å²) in [6, 6.07) is 20.0. The van der Waals surface area contributed by atoms with Crippen LogP contribution in [0.3, 0.4) is 0 Å². The first kappa shape index (κ1) is 20.7. The second kappa shape index (κ2) is 8.27. The Hall–Kier alpha value is -4.59. The number of ether oxygens (including phenoxy) is 1. The van der Waals surface area contributed by atoms with Crippen LogP contribution in [0.2, 0.25) is 0 Å². The molecule has 0 amide bonds. The number of para-hydroxylation sites is 1. The number of carboxylic acids is 2. The van der Waals surface area contributed by atoms with Crippen LogP contribution in [-0.2, 0) is 6.61 Å². The molecule has 160 valence electrons. The highest BCUT2D eigenvalue weighted by Crippen LogP contribution is 2.36. The average Bonchev–Trinajstić information content (AvgIpc) is 2.76. The van der Waals surface area contributed by atoms with E-state index in [1.54, 1.807) is 18.2 Å². The molecule has 0 spiro atoms. The largest absolute Gasteiger partial charge is 0.488 e. The van der Waals surface area contributed by atoms with Crippen molar-refractivity contribution in [1.29, 1.82) is 0 Å². The van der Waals surface area contributed by atoms with Gasteiger partial charge in [0.2, 0.25) is 0 Å². The zero-order chi connectivity index (χ0) is 22.8. The predicted octanol–water partition coefficient (Wildman–Crippen LogP) is 3.75. The number of hydrogen-bond acceptors (Lipinski definition) is 5. The van der Waals surface area contributed by atoms with Gasteiger partial charge in [0.1, 0.15) is 29.3 Å². The molecule has 4 aromatic rings. The summed E-state index contributed by atoms with van der Waals surface area (Å²) >= 11 is 0. The van der Waals surface area contributed by atoms with Crippen molar-refractivity contribution in [2.75, 3.05) is 5.73 Å². The Bertz CT molecular complexity index is 1420. The van der Waals surface area contributed by atoms with E-state index in [2.05, 4.69) is 4.98 Å². The third-order valence-corrected chi connectivity index (χ3v) is 5.04. The molecule has 0 aliphatic heterocycles. The molecule has 0 radical (unpaired) electrons. The first-order valence-electron chi connectivity index (χ1n) is 9.59. The normalized spacial score (nSPS) is 10.8. The number of H-pyrrole nitrogens is 1. The van der Waals surface area contributed by atoms with Gasteiger partial charge >= 0.3 is 11.9 Å². The number of fused-ring (bicyclic) bond motifs is 1. The predicted molar refractivity (Wildman–Crippen MR) is 119 cm³/mol. The number of carbonyl (C=O) groups is 2. The molecule has 0 saturated carbocycles. The number of benzene rings is 3. The lowest BCUT2D eigenvalue weighted by Crippen LogP contribution is -2.24. The molecule has 0 unspecified atom stereocenters. The van der Waals surface area contributed by atoms with Crippen LogP contribution in [-0.4, -0.2) is 27.1 Å². The van der Waals surface area contributed by atoms with E-state index in [1.807, 2.05) is 42.5 Å². The van der Waals surface area contributed by atoms with E-state index in [9.17, 15) is 24.6 Å². The van der Waals surface area contributed by atoms with Gasteiger partial charge < -0.3 is 25.7 Å². The van der Waals surface area contributed by atoms with Crippen LogP contribution in [0.5, 0.6) is 5.75 Å². The smallest absolute Gasteiger partial charge is 0.342 e. The molecule has 3 aromatic carbocycles. The molecular weight excluding hydrogens is 412 g/mol. The summed E-state index contributed by atoms with van der Waals surface area (Å²) in [5.74, 6) is -3.27. The summed E-state index contributed by atoms with van der Waals surface area (Å²) in [7, 11) is 0. The third-order valence-electron chi connectivity index (χ3n) is 5.04. The Morgan fingerprint density at radius 2 is 1.53 bits per heavy atom. The van der Waals surface area contributed by atoms with Gasteiger partial charge in [-0.3, -0.25) is 4.79 Å². The average molecular weight is 430 g/mol. The number of aromatic nitrogens is 1. The number of hydrogen-bond donors (Lipinski definition) is 4. The lowest BCUT2D eigenvalue weighted by molar-refractivity contribution is 0.0695. The van der Waals surface area contributed by atoms with E-state index in [-0.39, 0.29) is 23.5 Å². The third kappa shape index (κ3) is 3.77. The van der Waals surface area contributed by atoms with Crippen LogP contribution in [0.1, 0.15) is 26.3 Å². The summed E-state index contributed by atoms with van der Waals surface area (Å²) in [4.78, 5) is 38.1. The van der Waals surface area contributed by atoms with Crippen LogP contribution in [0.25, 0.3) is 21.9 Å². The Kier molecular flexibility index (Phi) is 5.34. The van der Waals surface area contributed by atoms with Crippen molar-refractivity contribution >= 4 is 28.5 Å². The number of rotatable bonds is 6. The van der Waals surface area contributed by atoms with E-state index in [0.29, 0.717) is 0 Å². The highest BCUT2D eigenvalue weighted by Gasteiger charge is 2.28. The quantitative estimate of drug-likeness (QED) is 0.365. The van der Waals surface area contributed by atoms with Crippen molar-refractivity contribution in [3.63, 3.8) is 0 Å². The van der Waals surface area contributed by atoms with Gasteiger partial charge in [0.25, 0.3) is 5.56 Å². The molecule has 0 atom stereocenters. The molecule has 1 heterocycles. The molecule has 0 fully saturated rings. The lowest BCUT2D eigenvalue weighted by atomic mass is 9.94. The molecule has 0 aliphatic carbocycles. The summed E-state index contributed by atoms with van der Waals surface area (Å²) in [6.45, 7) is 0.144. The monoisotopic (exact) mass is 430 g/mol. The number of nitrogens with two attached hydrogens (primary N) is 1. The zero-order valence-electron chi connectivity index (χ0n) is 16.7. The molecule has 4 rings (SSSR count). The lowest BCUT2D eigenvalue weighted by Gasteiger charge is -2.16. The number of pyridine rings is 1. The minimum Gasteiger partial charge on any atom is -0.488 e. The first-order chi connectivity index (χ1) is 15.4. The number of nitrogen functional groups attached to an aromatic ring is 1. The highest BCUT2D eigenvalue weighted by atomic mass is 16.5. The van der Waals surface area contributed by atoms with Crippen molar-refractivity contribution in [2.24, 2.45) is 0 Å². The first-order valence-corrected chi connectivity index (χ1v) is 9.59. The molecule has 1 aromatic heterocycles. The minimum atomic E-state index is -1.58. The fraction of sp³-hybridized carbons (Fsp3) is 0.0417. The van der Waals surface area contributed by atoms with Gasteiger partial charge in [-0.25, -0.2) is 9.59 Å². The highest BCUT2D eigenvalue weighted by molar-refractivity contribution is 6.08. The van der Waals surface area contributed by atoms with Crippen molar-refractivity contribution in [1.82, 2.24) is 4.98 Å². The molecule has 0 aliphatic rings. The SMILES string of the molecule is Nc1[nH]c(=O)c(C(=O)O)c(-c2ccccc2OCc2ccc3ccccc3c2)c1C(=O)O. The molecule has 32 heavy (non-hydrogen) atoms. The number of nitrogens with one attached hydrogen (secondary N) is 1. The summed E-state index contributed by atoms with van der Waals surface area (Å²) < 4.78 is 5.94. The van der Waals surface area contributed by atoms with E-state index >= 15 is 0 Å². The van der Waals surface area contributed by atoms with Gasteiger partial charge in [-0.15, -0.1) is 0 Å². The maximum Gasteiger partial charge on any atom is 0.342 e. The maximum absolute atomic E-state index is 12.3. The zero-order valence-corrected chi connectivity index (χ0v) is 16.7. The Balaban J connectivity index is 1.81. The standard InChI is InChI=1S/C24H18N2O6/c25-21-19(23(28)29)18(20(24(30)31)22(27)26-21)16-7-3-4-8-17(16)32-12-13-9-10-14-5-1-2-6-15(14)11-13/h1-11H,12H2,(H,28,29)(H,30,31)(H3,25,26,27). The fourth-order valence-electron chi connectivity index (χ4n) is 3.60. The van der Waals surface area contributed by atoms with Gasteiger partial charge in [0.05, 0.1) is 0 Å². The van der Waals surface area contributed by atoms with Crippen molar-refractivity contribution in [2.45, 2.75) is 6.61 Å². The number of anilines is 1. The topological polar surface area (TPSA) is 143 Å². The van der Waals surface area contributed by atoms with Crippen LogP contribution in [0.15, 0.2) is 71.5 Å². The van der Waals surface area contributed by atoms with Gasteiger partial charge in [0, 0.05) is 11.1 Å². The van der Waals surface area contributed by atoms with Gasteiger partial charge in [0.15, 0.2) is 0 Å². The van der Waals surface area contributed by atoms with Crippen molar-refractivity contribution in [3.8, 4) is 16.9 Å². The maximum atomic E-state index is 12.3. The van der Waals surface area contributed by atoms with E-state index in [0.717, 1.165) is 16.3 Å². The summed E-state index contributed by atoms with van der Waals surface area (Å²) in [5.41, 5.74) is 4.19.